The van der Waals surface area contributed by atoms with E-state index in [0.29, 0.717) is 0 Å². The molecule has 1 unspecified atom stereocenters. The van der Waals surface area contributed by atoms with Gasteiger partial charge < -0.3 is 14.4 Å². The number of hydrogen-bond acceptors (Lipinski definition) is 3. The summed E-state index contributed by atoms with van der Waals surface area (Å²) < 4.78 is 6.50. The van der Waals surface area contributed by atoms with E-state index in [0.717, 1.165) is 16.5 Å². The zero-order valence-corrected chi connectivity index (χ0v) is 9.88. The van der Waals surface area contributed by atoms with Crippen LogP contribution in [0.2, 0.25) is 0 Å². The van der Waals surface area contributed by atoms with Crippen molar-refractivity contribution in [1.29, 1.82) is 0 Å². The first-order valence-electron chi connectivity index (χ1n) is 5.42. The number of hydrogen-bond donors (Lipinski definition) is 1. The molecule has 2 rings (SSSR count). The Morgan fingerprint density at radius 3 is 2.94 bits per heavy atom. The summed E-state index contributed by atoms with van der Waals surface area (Å²) in [5.41, 5.74) is 1.70. The number of aryl methyl sites for hydroxylation is 1. The number of ether oxygens (including phenoxy) is 1. The van der Waals surface area contributed by atoms with Gasteiger partial charge in [0.15, 0.2) is 0 Å². The van der Waals surface area contributed by atoms with Crippen LogP contribution in [0.15, 0.2) is 30.5 Å². The van der Waals surface area contributed by atoms with Crippen LogP contribution in [-0.4, -0.2) is 22.8 Å². The smallest absolute Gasteiger partial charge is 0.308 e. The topological polar surface area (TPSA) is 51.5 Å². The van der Waals surface area contributed by atoms with Crippen LogP contribution in [0.4, 0.5) is 0 Å². The van der Waals surface area contributed by atoms with Crippen molar-refractivity contribution in [3.8, 4) is 0 Å². The van der Waals surface area contributed by atoms with Gasteiger partial charge in [0.2, 0.25) is 0 Å². The third kappa shape index (κ3) is 2.17. The first kappa shape index (κ1) is 11.7. The summed E-state index contributed by atoms with van der Waals surface area (Å²) in [6.45, 7) is 0. The standard InChI is InChI=1S/C13H15NO3/c1-14-7-6-9-4-3-5-10(13(9)14)11(15)8-12(16)17-2/h3-7,11,15H,8H2,1-2H3. The summed E-state index contributed by atoms with van der Waals surface area (Å²) in [5, 5.41) is 11.1. The fourth-order valence-electron chi connectivity index (χ4n) is 2.01. The van der Waals surface area contributed by atoms with Crippen LogP contribution in [0.5, 0.6) is 0 Å². The molecule has 0 radical (unpaired) electrons. The van der Waals surface area contributed by atoms with Gasteiger partial charge in [0, 0.05) is 18.8 Å². The molecule has 1 aromatic heterocycles. The number of esters is 1. The van der Waals surface area contributed by atoms with Crippen LogP contribution in [0.25, 0.3) is 10.9 Å². The summed E-state index contributed by atoms with van der Waals surface area (Å²) >= 11 is 0. The second-order valence-electron chi connectivity index (χ2n) is 4.01. The van der Waals surface area contributed by atoms with Crippen molar-refractivity contribution in [2.75, 3.05) is 7.11 Å². The second kappa shape index (κ2) is 4.59. The van der Waals surface area contributed by atoms with Gasteiger partial charge in [-0.15, -0.1) is 0 Å². The summed E-state index contributed by atoms with van der Waals surface area (Å²) in [5.74, 6) is -0.413. The van der Waals surface area contributed by atoms with Crippen LogP contribution in [-0.2, 0) is 16.6 Å². The van der Waals surface area contributed by atoms with Gasteiger partial charge in [-0.1, -0.05) is 18.2 Å². The molecule has 4 nitrogen and oxygen atoms in total. The van der Waals surface area contributed by atoms with Crippen LogP contribution in [0, 0.1) is 0 Å². The van der Waals surface area contributed by atoms with E-state index in [1.54, 1.807) is 0 Å². The van der Waals surface area contributed by atoms with E-state index < -0.39 is 12.1 Å². The van der Waals surface area contributed by atoms with Crippen molar-refractivity contribution < 1.29 is 14.6 Å². The van der Waals surface area contributed by atoms with Crippen molar-refractivity contribution in [2.45, 2.75) is 12.5 Å². The molecule has 0 aliphatic heterocycles. The van der Waals surface area contributed by atoms with Crippen molar-refractivity contribution in [3.05, 3.63) is 36.0 Å². The Morgan fingerprint density at radius 1 is 1.47 bits per heavy atom. The Kier molecular flexibility index (Phi) is 3.15. The summed E-state index contributed by atoms with van der Waals surface area (Å²) in [7, 11) is 3.23. The molecule has 0 fully saturated rings. The van der Waals surface area contributed by atoms with Gasteiger partial charge in [-0.2, -0.15) is 0 Å². The fourth-order valence-corrected chi connectivity index (χ4v) is 2.01. The number of fused-ring (bicyclic) bond motifs is 1. The molecular weight excluding hydrogens is 218 g/mol. The predicted molar refractivity (Wildman–Crippen MR) is 64.5 cm³/mol. The molecule has 17 heavy (non-hydrogen) atoms. The number of carbonyl (C=O) groups is 1. The SMILES string of the molecule is COC(=O)CC(O)c1cccc2ccn(C)c12. The van der Waals surface area contributed by atoms with Crippen molar-refractivity contribution >= 4 is 16.9 Å². The minimum Gasteiger partial charge on any atom is -0.469 e. The van der Waals surface area contributed by atoms with Crippen LogP contribution >= 0.6 is 0 Å². The van der Waals surface area contributed by atoms with Crippen molar-refractivity contribution in [1.82, 2.24) is 4.57 Å². The highest BCUT2D eigenvalue weighted by Crippen LogP contribution is 2.26. The Bertz CT molecular complexity index is 545. The summed E-state index contributed by atoms with van der Waals surface area (Å²) in [4.78, 5) is 11.2. The molecule has 0 aliphatic rings. The maximum absolute atomic E-state index is 11.2. The van der Waals surface area contributed by atoms with Crippen LogP contribution < -0.4 is 0 Å². The highest BCUT2D eigenvalue weighted by atomic mass is 16.5. The number of aliphatic hydroxyl groups excluding tert-OH is 1. The normalized spacial score (nSPS) is 12.6. The highest BCUT2D eigenvalue weighted by Gasteiger charge is 2.17. The average Bonchev–Trinajstić information content (AvgIpc) is 2.71. The molecule has 0 amide bonds. The lowest BCUT2D eigenvalue weighted by molar-refractivity contribution is -0.142. The number of aliphatic hydroxyl groups is 1. The monoisotopic (exact) mass is 233 g/mol. The molecule has 4 heteroatoms. The number of nitrogens with zero attached hydrogens (tertiary/aromatic N) is 1. The lowest BCUT2D eigenvalue weighted by atomic mass is 10.0. The summed E-state index contributed by atoms with van der Waals surface area (Å²) in [6, 6.07) is 7.65. The lowest BCUT2D eigenvalue weighted by Crippen LogP contribution is -2.09. The fraction of sp³-hybridized carbons (Fsp3) is 0.308. The van der Waals surface area contributed by atoms with E-state index in [1.807, 2.05) is 42.1 Å². The Labute approximate surface area is 99.4 Å². The zero-order valence-electron chi connectivity index (χ0n) is 9.88. The minimum absolute atomic E-state index is 0.0270. The van der Waals surface area contributed by atoms with Crippen LogP contribution in [0.3, 0.4) is 0 Å². The molecule has 0 saturated carbocycles. The Balaban J connectivity index is 2.40. The van der Waals surface area contributed by atoms with Crippen molar-refractivity contribution in [2.24, 2.45) is 7.05 Å². The second-order valence-corrected chi connectivity index (χ2v) is 4.01. The summed E-state index contributed by atoms with van der Waals surface area (Å²) in [6.07, 6.45) is 1.07. The molecule has 1 atom stereocenters. The molecular formula is C13H15NO3. The van der Waals surface area contributed by atoms with Gasteiger partial charge in [-0.05, 0) is 11.5 Å². The molecule has 1 heterocycles. The third-order valence-corrected chi connectivity index (χ3v) is 2.88. The number of carbonyl (C=O) groups excluding carboxylic acids is 1. The minimum atomic E-state index is -0.834. The maximum Gasteiger partial charge on any atom is 0.308 e. The third-order valence-electron chi connectivity index (χ3n) is 2.88. The largest absolute Gasteiger partial charge is 0.469 e. The van der Waals surface area contributed by atoms with Crippen LogP contribution in [0.1, 0.15) is 18.1 Å². The quantitative estimate of drug-likeness (QED) is 0.822. The van der Waals surface area contributed by atoms with Crippen molar-refractivity contribution in [3.63, 3.8) is 0 Å². The van der Waals surface area contributed by atoms with Gasteiger partial charge in [-0.3, -0.25) is 4.79 Å². The molecule has 0 spiro atoms. The number of benzene rings is 1. The Morgan fingerprint density at radius 2 is 2.24 bits per heavy atom. The predicted octanol–water partition coefficient (Wildman–Crippen LogP) is 1.77. The van der Waals surface area contributed by atoms with E-state index in [2.05, 4.69) is 4.74 Å². The molecule has 1 N–H and O–H groups in total. The van der Waals surface area contributed by atoms with Gasteiger partial charge >= 0.3 is 5.97 Å². The van der Waals surface area contributed by atoms with Gasteiger partial charge in [0.1, 0.15) is 0 Å². The number of rotatable bonds is 3. The maximum atomic E-state index is 11.2. The zero-order chi connectivity index (χ0) is 12.4. The van der Waals surface area contributed by atoms with E-state index in [9.17, 15) is 9.90 Å². The number of para-hydroxylation sites is 1. The molecule has 1 aromatic carbocycles. The average molecular weight is 233 g/mol. The molecule has 0 aliphatic carbocycles. The molecule has 2 aromatic rings. The van der Waals surface area contributed by atoms with Gasteiger partial charge in [-0.25, -0.2) is 0 Å². The van der Waals surface area contributed by atoms with Gasteiger partial charge in [0.05, 0.1) is 25.2 Å². The van der Waals surface area contributed by atoms with E-state index in [-0.39, 0.29) is 6.42 Å². The molecule has 90 valence electrons. The number of aromatic nitrogens is 1. The first-order chi connectivity index (χ1) is 8.13. The van der Waals surface area contributed by atoms with Gasteiger partial charge in [0.25, 0.3) is 0 Å². The molecule has 0 bridgehead atoms. The highest BCUT2D eigenvalue weighted by molar-refractivity contribution is 5.84. The lowest BCUT2D eigenvalue weighted by Gasteiger charge is -2.12. The molecule has 0 saturated heterocycles. The number of methoxy groups -OCH3 is 1. The van der Waals surface area contributed by atoms with E-state index in [1.165, 1.54) is 7.11 Å². The first-order valence-corrected chi connectivity index (χ1v) is 5.42. The van der Waals surface area contributed by atoms with E-state index in [4.69, 9.17) is 0 Å². The van der Waals surface area contributed by atoms with E-state index >= 15 is 0 Å². The Hall–Kier alpha value is -1.81.